The molecule has 0 saturated carbocycles. The molecule has 3 N–H and O–H groups in total. The molecule has 0 aliphatic carbocycles. The van der Waals surface area contributed by atoms with Crippen molar-refractivity contribution in [2.75, 3.05) is 12.8 Å². The predicted molar refractivity (Wildman–Crippen MR) is 143 cm³/mol. The van der Waals surface area contributed by atoms with Crippen molar-refractivity contribution in [2.24, 2.45) is 0 Å². The number of pyridine rings is 2. The van der Waals surface area contributed by atoms with Crippen molar-refractivity contribution in [3.63, 3.8) is 0 Å². The van der Waals surface area contributed by atoms with Gasteiger partial charge in [0.25, 0.3) is 5.91 Å². The molecule has 2 aromatic carbocycles. The summed E-state index contributed by atoms with van der Waals surface area (Å²) in [7, 11) is 1.67. The van der Waals surface area contributed by atoms with Crippen molar-refractivity contribution < 1.29 is 9.53 Å². The summed E-state index contributed by atoms with van der Waals surface area (Å²) in [5.41, 5.74) is 11.6. The Labute approximate surface area is 215 Å². The van der Waals surface area contributed by atoms with Crippen molar-refractivity contribution in [3.8, 4) is 5.75 Å². The molecule has 37 heavy (non-hydrogen) atoms. The first kappa shape index (κ1) is 24.0. The van der Waals surface area contributed by atoms with E-state index in [0.29, 0.717) is 30.9 Å². The molecule has 1 amide bonds. The largest absolute Gasteiger partial charge is 0.496 e. The van der Waals surface area contributed by atoms with Crippen molar-refractivity contribution in [1.29, 1.82) is 0 Å². The molecule has 8 nitrogen and oxygen atoms in total. The number of nitrogens with one attached hydrogen (secondary N) is 1. The Hall–Kier alpha value is -4.72. The lowest BCUT2D eigenvalue weighted by Crippen LogP contribution is -2.23. The van der Waals surface area contributed by atoms with Crippen LogP contribution >= 0.6 is 0 Å². The predicted octanol–water partition coefficient (Wildman–Crippen LogP) is 4.29. The molecule has 8 heteroatoms. The monoisotopic (exact) mass is 492 g/mol. The maximum atomic E-state index is 12.9. The van der Waals surface area contributed by atoms with Gasteiger partial charge < -0.3 is 15.8 Å². The van der Waals surface area contributed by atoms with Crippen molar-refractivity contribution in [3.05, 3.63) is 113 Å². The molecule has 5 rings (SSSR count). The second kappa shape index (κ2) is 10.5. The summed E-state index contributed by atoms with van der Waals surface area (Å²) >= 11 is 0. The van der Waals surface area contributed by atoms with E-state index in [1.54, 1.807) is 25.7 Å². The molecule has 3 aromatic heterocycles. The zero-order valence-electron chi connectivity index (χ0n) is 20.8. The van der Waals surface area contributed by atoms with Crippen LogP contribution in [-0.4, -0.2) is 32.8 Å². The number of hydrogen-bond acceptors (Lipinski definition) is 6. The van der Waals surface area contributed by atoms with E-state index in [1.165, 1.54) is 0 Å². The molecular weight excluding hydrogens is 464 g/mol. The molecule has 0 fully saturated rings. The summed E-state index contributed by atoms with van der Waals surface area (Å²) in [5, 5.41) is 9.23. The maximum Gasteiger partial charge on any atom is 0.253 e. The number of amides is 1. The van der Waals surface area contributed by atoms with E-state index < -0.39 is 0 Å². The molecule has 0 spiro atoms. The SMILES string of the molecule is COc1cc(Cc2cncc(C(=O)NCc3ccc4c(N)nccc4c3)c2)ccc1Cn1cc(C)cn1. The van der Waals surface area contributed by atoms with Gasteiger partial charge in [-0.2, -0.15) is 5.10 Å². The molecule has 0 aliphatic heterocycles. The summed E-state index contributed by atoms with van der Waals surface area (Å²) in [5.74, 6) is 1.13. The molecule has 3 heterocycles. The first-order chi connectivity index (χ1) is 18.0. The fraction of sp³-hybridized carbons (Fsp3) is 0.172. The highest BCUT2D eigenvalue weighted by Gasteiger charge is 2.11. The number of benzene rings is 2. The van der Waals surface area contributed by atoms with Crippen LogP contribution in [0.3, 0.4) is 0 Å². The van der Waals surface area contributed by atoms with Crippen molar-refractivity contribution >= 4 is 22.5 Å². The molecule has 0 radical (unpaired) electrons. The minimum Gasteiger partial charge on any atom is -0.496 e. The summed E-state index contributed by atoms with van der Waals surface area (Å²) in [6.07, 6.45) is 9.52. The summed E-state index contributed by atoms with van der Waals surface area (Å²) in [6.45, 7) is 3.05. The number of methoxy groups -OCH3 is 1. The number of anilines is 1. The number of nitrogen functional groups attached to an aromatic ring is 1. The van der Waals surface area contributed by atoms with Crippen LogP contribution in [0.1, 0.15) is 38.2 Å². The number of rotatable bonds is 8. The second-order valence-electron chi connectivity index (χ2n) is 9.05. The fourth-order valence-electron chi connectivity index (χ4n) is 4.35. The van der Waals surface area contributed by atoms with Gasteiger partial charge in [0, 0.05) is 42.3 Å². The molecule has 0 bridgehead atoms. The molecule has 0 saturated heterocycles. The third-order valence-electron chi connectivity index (χ3n) is 6.22. The van der Waals surface area contributed by atoms with Crippen LogP contribution < -0.4 is 15.8 Å². The van der Waals surface area contributed by atoms with E-state index in [2.05, 4.69) is 32.5 Å². The number of fused-ring (bicyclic) bond motifs is 1. The first-order valence-corrected chi connectivity index (χ1v) is 12.0. The molecular formula is C29H28N6O2. The normalized spacial score (nSPS) is 11.0. The number of carbonyl (C=O) groups excluding carboxylic acids is 1. The maximum absolute atomic E-state index is 12.9. The molecule has 186 valence electrons. The number of nitrogens with two attached hydrogens (primary N) is 1. The summed E-state index contributed by atoms with van der Waals surface area (Å²) in [4.78, 5) is 21.3. The number of aryl methyl sites for hydroxylation is 1. The highest BCUT2D eigenvalue weighted by atomic mass is 16.5. The zero-order chi connectivity index (χ0) is 25.8. The van der Waals surface area contributed by atoms with E-state index in [9.17, 15) is 4.79 Å². The van der Waals surface area contributed by atoms with Crippen LogP contribution in [0.25, 0.3) is 10.8 Å². The Bertz CT molecular complexity index is 1580. The molecule has 5 aromatic rings. The lowest BCUT2D eigenvalue weighted by atomic mass is 10.0. The number of carbonyl (C=O) groups is 1. The Morgan fingerprint density at radius 1 is 1.03 bits per heavy atom. The van der Waals surface area contributed by atoms with E-state index >= 15 is 0 Å². The third kappa shape index (κ3) is 5.59. The Morgan fingerprint density at radius 2 is 1.89 bits per heavy atom. The molecule has 0 atom stereocenters. The van der Waals surface area contributed by atoms with Gasteiger partial charge in [0.2, 0.25) is 0 Å². The van der Waals surface area contributed by atoms with Gasteiger partial charge in [0.15, 0.2) is 0 Å². The van der Waals surface area contributed by atoms with Gasteiger partial charge in [-0.25, -0.2) is 4.98 Å². The molecule has 0 unspecified atom stereocenters. The second-order valence-corrected chi connectivity index (χ2v) is 9.05. The van der Waals surface area contributed by atoms with Crippen molar-refractivity contribution in [1.82, 2.24) is 25.1 Å². The highest BCUT2D eigenvalue weighted by Crippen LogP contribution is 2.23. The van der Waals surface area contributed by atoms with Gasteiger partial charge in [-0.1, -0.05) is 24.3 Å². The summed E-state index contributed by atoms with van der Waals surface area (Å²) in [6, 6.07) is 15.8. The van der Waals surface area contributed by atoms with E-state index in [0.717, 1.165) is 44.3 Å². The number of nitrogens with zero attached hydrogens (tertiary/aromatic N) is 4. The van der Waals surface area contributed by atoms with Crippen molar-refractivity contribution in [2.45, 2.75) is 26.4 Å². The van der Waals surface area contributed by atoms with E-state index in [1.807, 2.05) is 60.4 Å². The van der Waals surface area contributed by atoms with Crippen LogP contribution in [0.15, 0.2) is 79.5 Å². The van der Waals surface area contributed by atoms with Crippen LogP contribution in [0.4, 0.5) is 5.82 Å². The van der Waals surface area contributed by atoms with Crippen LogP contribution in [0.2, 0.25) is 0 Å². The van der Waals surface area contributed by atoms with E-state index in [-0.39, 0.29) is 5.91 Å². The number of aromatic nitrogens is 4. The number of hydrogen-bond donors (Lipinski definition) is 2. The van der Waals surface area contributed by atoms with E-state index in [4.69, 9.17) is 10.5 Å². The van der Waals surface area contributed by atoms with Gasteiger partial charge in [-0.15, -0.1) is 0 Å². The minimum atomic E-state index is -0.175. The smallest absolute Gasteiger partial charge is 0.253 e. The average Bonchev–Trinajstić information content (AvgIpc) is 3.32. The highest BCUT2D eigenvalue weighted by molar-refractivity contribution is 5.94. The average molecular weight is 493 g/mol. The van der Waals surface area contributed by atoms with Gasteiger partial charge >= 0.3 is 0 Å². The van der Waals surface area contributed by atoms with Crippen LogP contribution in [-0.2, 0) is 19.5 Å². The standard InChI is InChI=1S/C29H28N6O2/c1-19-13-34-35(17-19)18-24-5-3-20(12-27(24)37-2)9-22-11-25(16-31-14-22)29(36)33-15-21-4-6-26-23(10-21)7-8-32-28(26)30/h3-8,10-14,16-17H,9,15,18H2,1-2H3,(H2,30,32)(H,33,36). The van der Waals surface area contributed by atoms with Gasteiger partial charge in [0.1, 0.15) is 11.6 Å². The number of ether oxygens (including phenoxy) is 1. The Balaban J connectivity index is 1.25. The Kier molecular flexibility index (Phi) is 6.81. The summed E-state index contributed by atoms with van der Waals surface area (Å²) < 4.78 is 7.53. The lowest BCUT2D eigenvalue weighted by molar-refractivity contribution is 0.0950. The topological polar surface area (TPSA) is 108 Å². The van der Waals surface area contributed by atoms with Crippen LogP contribution in [0, 0.1) is 6.92 Å². The molecule has 0 aliphatic rings. The Morgan fingerprint density at radius 3 is 2.70 bits per heavy atom. The van der Waals surface area contributed by atoms with Gasteiger partial charge in [-0.05, 0) is 65.3 Å². The quantitative estimate of drug-likeness (QED) is 0.335. The minimum absolute atomic E-state index is 0.175. The van der Waals surface area contributed by atoms with Crippen LogP contribution in [0.5, 0.6) is 5.75 Å². The van der Waals surface area contributed by atoms with Gasteiger partial charge in [0.05, 0.1) is 25.4 Å². The first-order valence-electron chi connectivity index (χ1n) is 12.0. The third-order valence-corrected chi connectivity index (χ3v) is 6.22. The lowest BCUT2D eigenvalue weighted by Gasteiger charge is -2.12. The fourth-order valence-corrected chi connectivity index (χ4v) is 4.35. The van der Waals surface area contributed by atoms with Gasteiger partial charge in [-0.3, -0.25) is 14.5 Å². The zero-order valence-corrected chi connectivity index (χ0v) is 20.8.